The molecule has 0 radical (unpaired) electrons. The summed E-state index contributed by atoms with van der Waals surface area (Å²) in [5, 5.41) is 7.24. The van der Waals surface area contributed by atoms with Crippen molar-refractivity contribution in [1.82, 2.24) is 9.97 Å². The maximum absolute atomic E-state index is 6.11. The largest absolute Gasteiger partial charge is 0.370 e. The number of aryl methyl sites for hydroxylation is 1. The molecule has 0 saturated carbocycles. The SMILES string of the molecule is CCCCNc1cc(Nc2ccc(C)c(Cl)c2)ncn1. The maximum Gasteiger partial charge on any atom is 0.135 e. The molecule has 0 saturated heterocycles. The van der Waals surface area contributed by atoms with Crippen LogP contribution >= 0.6 is 11.6 Å². The lowest BCUT2D eigenvalue weighted by atomic mass is 10.2. The Morgan fingerprint density at radius 1 is 1.15 bits per heavy atom. The molecule has 0 bridgehead atoms. The van der Waals surface area contributed by atoms with Crippen LogP contribution in [0.2, 0.25) is 5.02 Å². The maximum atomic E-state index is 6.11. The number of anilines is 3. The van der Waals surface area contributed by atoms with Crippen LogP contribution < -0.4 is 10.6 Å². The number of hydrogen-bond donors (Lipinski definition) is 2. The molecule has 0 unspecified atom stereocenters. The third kappa shape index (κ3) is 4.10. The van der Waals surface area contributed by atoms with E-state index in [2.05, 4.69) is 27.5 Å². The standard InChI is InChI=1S/C15H19ClN4/c1-3-4-7-17-14-9-15(19-10-18-14)20-12-6-5-11(2)13(16)8-12/h5-6,8-10H,3-4,7H2,1-2H3,(H2,17,18,19,20). The fourth-order valence-electron chi connectivity index (χ4n) is 1.73. The van der Waals surface area contributed by atoms with Gasteiger partial charge in [0.2, 0.25) is 0 Å². The van der Waals surface area contributed by atoms with Gasteiger partial charge in [0.1, 0.15) is 18.0 Å². The van der Waals surface area contributed by atoms with Gasteiger partial charge in [0.25, 0.3) is 0 Å². The number of nitrogens with zero attached hydrogens (tertiary/aromatic N) is 2. The number of halogens is 1. The average Bonchev–Trinajstić information content (AvgIpc) is 2.44. The minimum Gasteiger partial charge on any atom is -0.370 e. The fraction of sp³-hybridized carbons (Fsp3) is 0.333. The highest BCUT2D eigenvalue weighted by Crippen LogP contribution is 2.22. The molecule has 2 rings (SSSR count). The Kier molecular flexibility index (Phi) is 5.18. The highest BCUT2D eigenvalue weighted by molar-refractivity contribution is 6.31. The Bertz CT molecular complexity index is 572. The van der Waals surface area contributed by atoms with Crippen molar-refractivity contribution >= 4 is 28.9 Å². The van der Waals surface area contributed by atoms with Gasteiger partial charge in [-0.05, 0) is 31.0 Å². The molecule has 0 aliphatic carbocycles. The first kappa shape index (κ1) is 14.6. The highest BCUT2D eigenvalue weighted by atomic mass is 35.5. The summed E-state index contributed by atoms with van der Waals surface area (Å²) in [7, 11) is 0. The van der Waals surface area contributed by atoms with E-state index in [0.717, 1.165) is 47.3 Å². The molecule has 0 amide bonds. The van der Waals surface area contributed by atoms with Gasteiger partial charge < -0.3 is 10.6 Å². The van der Waals surface area contributed by atoms with E-state index < -0.39 is 0 Å². The smallest absolute Gasteiger partial charge is 0.135 e. The normalized spacial score (nSPS) is 10.3. The Hall–Kier alpha value is -1.81. The molecule has 20 heavy (non-hydrogen) atoms. The zero-order chi connectivity index (χ0) is 14.4. The van der Waals surface area contributed by atoms with E-state index in [1.165, 1.54) is 0 Å². The van der Waals surface area contributed by atoms with Crippen LogP contribution in [0.25, 0.3) is 0 Å². The number of rotatable bonds is 6. The first-order valence-electron chi connectivity index (χ1n) is 6.78. The van der Waals surface area contributed by atoms with Crippen molar-refractivity contribution in [3.05, 3.63) is 41.2 Å². The number of aromatic nitrogens is 2. The third-order valence-electron chi connectivity index (χ3n) is 2.95. The first-order chi connectivity index (χ1) is 9.69. The van der Waals surface area contributed by atoms with Gasteiger partial charge in [-0.1, -0.05) is 31.0 Å². The van der Waals surface area contributed by atoms with Crippen LogP contribution in [0, 0.1) is 6.92 Å². The Labute approximate surface area is 124 Å². The van der Waals surface area contributed by atoms with Crippen molar-refractivity contribution in [1.29, 1.82) is 0 Å². The van der Waals surface area contributed by atoms with Gasteiger partial charge in [0.15, 0.2) is 0 Å². The third-order valence-corrected chi connectivity index (χ3v) is 3.35. The number of nitrogens with one attached hydrogen (secondary N) is 2. The van der Waals surface area contributed by atoms with Crippen molar-refractivity contribution < 1.29 is 0 Å². The summed E-state index contributed by atoms with van der Waals surface area (Å²) in [6, 6.07) is 7.74. The summed E-state index contributed by atoms with van der Waals surface area (Å²) >= 11 is 6.11. The molecule has 0 aliphatic rings. The van der Waals surface area contributed by atoms with Gasteiger partial charge in [-0.3, -0.25) is 0 Å². The Balaban J connectivity index is 2.05. The van der Waals surface area contributed by atoms with E-state index >= 15 is 0 Å². The van der Waals surface area contributed by atoms with E-state index in [9.17, 15) is 0 Å². The molecule has 1 aromatic heterocycles. The number of unbranched alkanes of at least 4 members (excludes halogenated alkanes) is 1. The van der Waals surface area contributed by atoms with Crippen LogP contribution in [-0.2, 0) is 0 Å². The van der Waals surface area contributed by atoms with Gasteiger partial charge in [0, 0.05) is 23.3 Å². The number of hydrogen-bond acceptors (Lipinski definition) is 4. The van der Waals surface area contributed by atoms with Crippen LogP contribution in [0.15, 0.2) is 30.6 Å². The summed E-state index contributed by atoms with van der Waals surface area (Å²) in [6.07, 6.45) is 3.83. The molecule has 0 atom stereocenters. The topological polar surface area (TPSA) is 49.8 Å². The van der Waals surface area contributed by atoms with Crippen molar-refractivity contribution in [2.75, 3.05) is 17.2 Å². The number of benzene rings is 1. The lowest BCUT2D eigenvalue weighted by molar-refractivity contribution is 0.830. The van der Waals surface area contributed by atoms with E-state index in [1.807, 2.05) is 31.2 Å². The minimum absolute atomic E-state index is 0.741. The second-order valence-corrected chi connectivity index (χ2v) is 5.06. The minimum atomic E-state index is 0.741. The van der Waals surface area contributed by atoms with Gasteiger partial charge in [-0.25, -0.2) is 9.97 Å². The molecular weight excluding hydrogens is 272 g/mol. The van der Waals surface area contributed by atoms with E-state index in [4.69, 9.17) is 11.6 Å². The van der Waals surface area contributed by atoms with Crippen molar-refractivity contribution in [2.45, 2.75) is 26.7 Å². The molecule has 1 heterocycles. The van der Waals surface area contributed by atoms with E-state index in [0.29, 0.717) is 0 Å². The monoisotopic (exact) mass is 290 g/mol. The molecule has 106 valence electrons. The molecule has 2 N–H and O–H groups in total. The van der Waals surface area contributed by atoms with Crippen molar-refractivity contribution in [2.24, 2.45) is 0 Å². The molecule has 1 aromatic carbocycles. The lowest BCUT2D eigenvalue weighted by Gasteiger charge is -2.09. The molecule has 0 fully saturated rings. The zero-order valence-electron chi connectivity index (χ0n) is 11.8. The molecule has 0 spiro atoms. The van der Waals surface area contributed by atoms with Crippen molar-refractivity contribution in [3.63, 3.8) is 0 Å². The van der Waals surface area contributed by atoms with E-state index in [-0.39, 0.29) is 0 Å². The Morgan fingerprint density at radius 2 is 1.95 bits per heavy atom. The molecule has 0 aliphatic heterocycles. The highest BCUT2D eigenvalue weighted by Gasteiger charge is 2.01. The Morgan fingerprint density at radius 3 is 2.70 bits per heavy atom. The van der Waals surface area contributed by atoms with Gasteiger partial charge in [-0.2, -0.15) is 0 Å². The summed E-state index contributed by atoms with van der Waals surface area (Å²) in [6.45, 7) is 5.06. The molecule has 4 nitrogen and oxygen atoms in total. The summed E-state index contributed by atoms with van der Waals surface area (Å²) in [5.74, 6) is 1.58. The zero-order valence-corrected chi connectivity index (χ0v) is 12.5. The summed E-state index contributed by atoms with van der Waals surface area (Å²) < 4.78 is 0. The predicted molar refractivity (Wildman–Crippen MR) is 84.9 cm³/mol. The van der Waals surface area contributed by atoms with Crippen LogP contribution in [0.4, 0.5) is 17.3 Å². The van der Waals surface area contributed by atoms with E-state index in [1.54, 1.807) is 6.33 Å². The molecular formula is C15H19ClN4. The summed E-state index contributed by atoms with van der Waals surface area (Å²) in [5.41, 5.74) is 1.97. The van der Waals surface area contributed by atoms with Gasteiger partial charge in [0.05, 0.1) is 0 Å². The predicted octanol–water partition coefficient (Wildman–Crippen LogP) is 4.39. The van der Waals surface area contributed by atoms with Crippen molar-refractivity contribution in [3.8, 4) is 0 Å². The van der Waals surface area contributed by atoms with Gasteiger partial charge in [-0.15, -0.1) is 0 Å². The summed E-state index contributed by atoms with van der Waals surface area (Å²) in [4.78, 5) is 8.41. The molecule has 2 aromatic rings. The van der Waals surface area contributed by atoms with Crippen LogP contribution in [0.3, 0.4) is 0 Å². The second-order valence-electron chi connectivity index (χ2n) is 4.66. The van der Waals surface area contributed by atoms with Gasteiger partial charge >= 0.3 is 0 Å². The van der Waals surface area contributed by atoms with Crippen LogP contribution in [0.1, 0.15) is 25.3 Å². The first-order valence-corrected chi connectivity index (χ1v) is 7.16. The quantitative estimate of drug-likeness (QED) is 0.775. The average molecular weight is 291 g/mol. The fourth-order valence-corrected chi connectivity index (χ4v) is 1.91. The van der Waals surface area contributed by atoms with Crippen LogP contribution in [0.5, 0.6) is 0 Å². The van der Waals surface area contributed by atoms with Crippen LogP contribution in [-0.4, -0.2) is 16.5 Å². The lowest BCUT2D eigenvalue weighted by Crippen LogP contribution is -2.04. The second kappa shape index (κ2) is 7.10. The molecule has 5 heteroatoms.